The van der Waals surface area contributed by atoms with Crippen LogP contribution in [0.4, 0.5) is 0 Å². The molecule has 1 nitrogen and oxygen atoms in total. The van der Waals surface area contributed by atoms with Gasteiger partial charge in [0.25, 0.3) is 7.63 Å². The Balaban J connectivity index is 4.23. The SMILES string of the molecule is CO[Si](Cl)(C(C)C)C(C)C. The molecule has 0 bridgehead atoms. The second kappa shape index (κ2) is 3.74. The molecule has 0 aliphatic heterocycles. The molecular formula is C7H17ClOSi. The molecule has 0 aromatic rings. The summed E-state index contributed by atoms with van der Waals surface area (Å²) in [6.45, 7) is 8.51. The van der Waals surface area contributed by atoms with Crippen molar-refractivity contribution >= 4 is 18.7 Å². The van der Waals surface area contributed by atoms with Crippen molar-refractivity contribution in [1.29, 1.82) is 0 Å². The Morgan fingerprint density at radius 3 is 1.40 bits per heavy atom. The van der Waals surface area contributed by atoms with Crippen LogP contribution in [0.15, 0.2) is 0 Å². The molecule has 0 saturated heterocycles. The lowest BCUT2D eigenvalue weighted by Crippen LogP contribution is -2.37. The Kier molecular flexibility index (Phi) is 3.92. The summed E-state index contributed by atoms with van der Waals surface area (Å²) < 4.78 is 5.36. The van der Waals surface area contributed by atoms with Gasteiger partial charge in [-0.1, -0.05) is 27.7 Å². The molecule has 0 aliphatic rings. The number of halogens is 1. The third-order valence-electron chi connectivity index (χ3n) is 1.89. The fourth-order valence-corrected chi connectivity index (χ4v) is 3.41. The van der Waals surface area contributed by atoms with E-state index in [2.05, 4.69) is 27.7 Å². The van der Waals surface area contributed by atoms with E-state index in [4.69, 9.17) is 15.5 Å². The second-order valence-corrected chi connectivity index (χ2v) is 9.10. The molecule has 0 unspecified atom stereocenters. The van der Waals surface area contributed by atoms with Crippen LogP contribution in [0.2, 0.25) is 11.1 Å². The molecule has 0 aromatic heterocycles. The summed E-state index contributed by atoms with van der Waals surface area (Å²) in [7, 11) is -0.184. The van der Waals surface area contributed by atoms with Crippen molar-refractivity contribution in [2.75, 3.05) is 7.11 Å². The summed E-state index contributed by atoms with van der Waals surface area (Å²) in [5, 5.41) is 0. The molecule has 0 fully saturated rings. The Morgan fingerprint density at radius 2 is 1.40 bits per heavy atom. The zero-order valence-corrected chi connectivity index (χ0v) is 9.20. The summed E-state index contributed by atoms with van der Waals surface area (Å²) in [6, 6.07) is 0. The maximum absolute atomic E-state index is 6.31. The van der Waals surface area contributed by atoms with Crippen LogP contribution >= 0.6 is 11.1 Å². The lowest BCUT2D eigenvalue weighted by Gasteiger charge is -2.29. The van der Waals surface area contributed by atoms with Crippen LogP contribution < -0.4 is 0 Å². The van der Waals surface area contributed by atoms with Gasteiger partial charge in [0.1, 0.15) is 0 Å². The van der Waals surface area contributed by atoms with E-state index in [9.17, 15) is 0 Å². The third kappa shape index (κ3) is 1.97. The predicted molar refractivity (Wildman–Crippen MR) is 48.8 cm³/mol. The lowest BCUT2D eigenvalue weighted by molar-refractivity contribution is 0.392. The quantitative estimate of drug-likeness (QED) is 0.479. The summed E-state index contributed by atoms with van der Waals surface area (Å²) in [4.78, 5) is 0. The highest BCUT2D eigenvalue weighted by Gasteiger charge is 2.39. The minimum atomic E-state index is -1.91. The Labute approximate surface area is 69.6 Å². The molecule has 0 aromatic carbocycles. The molecule has 10 heavy (non-hydrogen) atoms. The standard InChI is InChI=1S/C7H17ClOSi/c1-6(2)10(8,9-5)7(3)4/h6-7H,1-5H3. The molecule has 0 heterocycles. The van der Waals surface area contributed by atoms with E-state index in [1.165, 1.54) is 0 Å². The van der Waals surface area contributed by atoms with Crippen LogP contribution in [-0.2, 0) is 4.43 Å². The van der Waals surface area contributed by atoms with Gasteiger partial charge in [0, 0.05) is 7.11 Å². The molecule has 62 valence electrons. The maximum atomic E-state index is 6.31. The van der Waals surface area contributed by atoms with E-state index in [1.54, 1.807) is 7.11 Å². The molecular weight excluding hydrogens is 164 g/mol. The van der Waals surface area contributed by atoms with Crippen LogP contribution in [0.5, 0.6) is 0 Å². The van der Waals surface area contributed by atoms with E-state index < -0.39 is 7.63 Å². The van der Waals surface area contributed by atoms with Gasteiger partial charge in [-0.3, -0.25) is 0 Å². The number of hydrogen-bond acceptors (Lipinski definition) is 1. The van der Waals surface area contributed by atoms with Gasteiger partial charge < -0.3 is 4.43 Å². The van der Waals surface area contributed by atoms with Crippen molar-refractivity contribution in [3.05, 3.63) is 0 Å². The van der Waals surface area contributed by atoms with Crippen LogP contribution in [0.3, 0.4) is 0 Å². The molecule has 0 aliphatic carbocycles. The summed E-state index contributed by atoms with van der Waals surface area (Å²) in [6.07, 6.45) is 0. The van der Waals surface area contributed by atoms with Gasteiger partial charge in [0.2, 0.25) is 0 Å². The molecule has 0 radical (unpaired) electrons. The normalized spacial score (nSPS) is 13.2. The fraction of sp³-hybridized carbons (Fsp3) is 1.00. The van der Waals surface area contributed by atoms with Gasteiger partial charge in [0.05, 0.1) is 0 Å². The van der Waals surface area contributed by atoms with Crippen molar-refractivity contribution in [2.24, 2.45) is 0 Å². The average Bonchev–Trinajstić information content (AvgIpc) is 1.85. The monoisotopic (exact) mass is 180 g/mol. The Bertz CT molecular complexity index is 95.8. The minimum Gasteiger partial charge on any atom is -0.406 e. The largest absolute Gasteiger partial charge is 0.406 e. The van der Waals surface area contributed by atoms with Crippen molar-refractivity contribution in [3.8, 4) is 0 Å². The molecule has 0 amide bonds. The first kappa shape index (κ1) is 10.5. The molecule has 0 saturated carbocycles. The van der Waals surface area contributed by atoms with E-state index >= 15 is 0 Å². The van der Waals surface area contributed by atoms with Crippen LogP contribution in [0.1, 0.15) is 27.7 Å². The minimum absolute atomic E-state index is 0.485. The van der Waals surface area contributed by atoms with Gasteiger partial charge in [-0.25, -0.2) is 0 Å². The predicted octanol–water partition coefficient (Wildman–Crippen LogP) is 3.13. The van der Waals surface area contributed by atoms with Crippen LogP contribution in [-0.4, -0.2) is 14.7 Å². The first-order chi connectivity index (χ1) is 4.45. The van der Waals surface area contributed by atoms with Crippen LogP contribution in [0, 0.1) is 0 Å². The van der Waals surface area contributed by atoms with Gasteiger partial charge in [0.15, 0.2) is 0 Å². The Morgan fingerprint density at radius 1 is 1.10 bits per heavy atom. The van der Waals surface area contributed by atoms with E-state index in [-0.39, 0.29) is 0 Å². The fourth-order valence-electron chi connectivity index (χ4n) is 1.14. The Hall–Kier alpha value is 0.467. The molecule has 0 atom stereocenters. The first-order valence-electron chi connectivity index (χ1n) is 3.69. The summed E-state index contributed by atoms with van der Waals surface area (Å²) in [5.41, 5.74) is 0.971. The zero-order chi connectivity index (χ0) is 8.36. The van der Waals surface area contributed by atoms with Crippen molar-refractivity contribution < 1.29 is 4.43 Å². The summed E-state index contributed by atoms with van der Waals surface area (Å²) in [5.74, 6) is 0. The first-order valence-corrected chi connectivity index (χ1v) is 6.76. The van der Waals surface area contributed by atoms with Crippen molar-refractivity contribution in [3.63, 3.8) is 0 Å². The molecule has 3 heteroatoms. The van der Waals surface area contributed by atoms with Crippen molar-refractivity contribution in [2.45, 2.75) is 38.8 Å². The number of rotatable bonds is 3. The highest BCUT2D eigenvalue weighted by atomic mass is 35.6. The van der Waals surface area contributed by atoms with Gasteiger partial charge in [-0.2, -0.15) is 0 Å². The van der Waals surface area contributed by atoms with Gasteiger partial charge in [-0.15, -0.1) is 11.1 Å². The lowest BCUT2D eigenvalue weighted by atomic mass is 10.5. The third-order valence-corrected chi connectivity index (χ3v) is 8.74. The highest BCUT2D eigenvalue weighted by molar-refractivity contribution is 7.18. The highest BCUT2D eigenvalue weighted by Crippen LogP contribution is 2.35. The van der Waals surface area contributed by atoms with E-state index in [0.717, 1.165) is 0 Å². The van der Waals surface area contributed by atoms with E-state index in [1.807, 2.05) is 0 Å². The molecule has 0 spiro atoms. The summed E-state index contributed by atoms with van der Waals surface area (Å²) >= 11 is 6.31. The smallest absolute Gasteiger partial charge is 0.294 e. The van der Waals surface area contributed by atoms with E-state index in [0.29, 0.717) is 11.1 Å². The van der Waals surface area contributed by atoms with Gasteiger partial charge in [-0.05, 0) is 11.1 Å². The van der Waals surface area contributed by atoms with Crippen molar-refractivity contribution in [1.82, 2.24) is 0 Å². The molecule has 0 N–H and O–H groups in total. The zero-order valence-electron chi connectivity index (χ0n) is 7.44. The topological polar surface area (TPSA) is 9.23 Å². The molecule has 0 rings (SSSR count). The van der Waals surface area contributed by atoms with Crippen LogP contribution in [0.25, 0.3) is 0 Å². The maximum Gasteiger partial charge on any atom is 0.294 e. The number of hydrogen-bond donors (Lipinski definition) is 0. The second-order valence-electron chi connectivity index (χ2n) is 3.21. The average molecular weight is 181 g/mol. The van der Waals surface area contributed by atoms with Gasteiger partial charge >= 0.3 is 0 Å².